The van der Waals surface area contributed by atoms with E-state index in [1.165, 1.54) is 36.4 Å². The van der Waals surface area contributed by atoms with Crippen LogP contribution in [0.15, 0.2) is 60.9 Å². The van der Waals surface area contributed by atoms with Crippen LogP contribution in [0.2, 0.25) is 0 Å². The Morgan fingerprint density at radius 2 is 1.10 bits per heavy atom. The standard InChI is InChI=1S/C21H10F4N4O/c22-11-7-13(24)19(26-9-11)15-3-1-5-17(28-15)21(30)18-6-2-4-16(29-18)20-14(25)8-12(23)10-27-20/h1-10H. The summed E-state index contributed by atoms with van der Waals surface area (Å²) in [7, 11) is 0. The van der Waals surface area contributed by atoms with Gasteiger partial charge in [-0.25, -0.2) is 37.5 Å². The van der Waals surface area contributed by atoms with Crippen LogP contribution in [0.5, 0.6) is 0 Å². The van der Waals surface area contributed by atoms with Gasteiger partial charge in [-0.2, -0.15) is 0 Å². The van der Waals surface area contributed by atoms with Gasteiger partial charge in [0.2, 0.25) is 5.78 Å². The first-order valence-electron chi connectivity index (χ1n) is 8.54. The average Bonchev–Trinajstić information content (AvgIpc) is 2.73. The van der Waals surface area contributed by atoms with Crippen LogP contribution in [0, 0.1) is 23.3 Å². The van der Waals surface area contributed by atoms with Gasteiger partial charge in [-0.3, -0.25) is 4.79 Å². The Kier molecular flexibility index (Phi) is 5.01. The summed E-state index contributed by atoms with van der Waals surface area (Å²) >= 11 is 0. The fraction of sp³-hybridized carbons (Fsp3) is 0. The summed E-state index contributed by atoms with van der Waals surface area (Å²) in [6.07, 6.45) is 1.67. The molecule has 30 heavy (non-hydrogen) atoms. The number of rotatable bonds is 4. The molecule has 4 heterocycles. The molecule has 4 aromatic rings. The highest BCUT2D eigenvalue weighted by Crippen LogP contribution is 2.22. The molecule has 4 rings (SSSR count). The first-order chi connectivity index (χ1) is 14.4. The zero-order chi connectivity index (χ0) is 21.3. The minimum atomic E-state index is -0.926. The van der Waals surface area contributed by atoms with E-state index in [4.69, 9.17) is 0 Å². The first kappa shape index (κ1) is 19.3. The number of ketones is 1. The Morgan fingerprint density at radius 1 is 0.667 bits per heavy atom. The van der Waals surface area contributed by atoms with Gasteiger partial charge in [0.25, 0.3) is 0 Å². The number of pyridine rings is 4. The fourth-order valence-corrected chi connectivity index (χ4v) is 2.72. The van der Waals surface area contributed by atoms with E-state index in [1.54, 1.807) is 0 Å². The second-order valence-corrected chi connectivity index (χ2v) is 6.11. The number of carbonyl (C=O) groups excluding carboxylic acids is 1. The Bertz CT molecular complexity index is 1180. The maximum atomic E-state index is 14.0. The maximum absolute atomic E-state index is 14.0. The highest BCUT2D eigenvalue weighted by molar-refractivity contribution is 6.06. The van der Waals surface area contributed by atoms with Crippen LogP contribution in [-0.2, 0) is 0 Å². The highest BCUT2D eigenvalue weighted by Gasteiger charge is 2.17. The van der Waals surface area contributed by atoms with Crippen molar-refractivity contribution in [3.05, 3.63) is 95.6 Å². The summed E-state index contributed by atoms with van der Waals surface area (Å²) in [5, 5.41) is 0. The van der Waals surface area contributed by atoms with Gasteiger partial charge in [0.15, 0.2) is 11.6 Å². The van der Waals surface area contributed by atoms with Crippen molar-refractivity contribution < 1.29 is 22.4 Å². The van der Waals surface area contributed by atoms with Crippen molar-refractivity contribution in [2.75, 3.05) is 0 Å². The van der Waals surface area contributed by atoms with Gasteiger partial charge in [-0.05, 0) is 24.3 Å². The van der Waals surface area contributed by atoms with E-state index in [-0.39, 0.29) is 34.2 Å². The topological polar surface area (TPSA) is 68.6 Å². The second kappa shape index (κ2) is 7.78. The van der Waals surface area contributed by atoms with E-state index in [9.17, 15) is 22.4 Å². The molecule has 0 radical (unpaired) electrons. The molecule has 0 amide bonds. The van der Waals surface area contributed by atoms with Gasteiger partial charge in [0.1, 0.15) is 34.4 Å². The number of hydrogen-bond acceptors (Lipinski definition) is 5. The third kappa shape index (κ3) is 3.77. The molecule has 9 heteroatoms. The molecule has 0 unspecified atom stereocenters. The predicted octanol–water partition coefficient (Wildman–Crippen LogP) is 4.39. The van der Waals surface area contributed by atoms with Crippen LogP contribution in [-0.4, -0.2) is 25.7 Å². The molecule has 4 aromatic heterocycles. The van der Waals surface area contributed by atoms with Crippen LogP contribution < -0.4 is 0 Å². The average molecular weight is 410 g/mol. The van der Waals surface area contributed by atoms with E-state index in [1.807, 2.05) is 0 Å². The van der Waals surface area contributed by atoms with Crippen molar-refractivity contribution in [2.45, 2.75) is 0 Å². The normalized spacial score (nSPS) is 10.8. The van der Waals surface area contributed by atoms with Crippen molar-refractivity contribution in [3.63, 3.8) is 0 Å². The van der Waals surface area contributed by atoms with Crippen molar-refractivity contribution in [3.8, 4) is 22.8 Å². The lowest BCUT2D eigenvalue weighted by Crippen LogP contribution is -2.08. The number of carbonyl (C=O) groups is 1. The lowest BCUT2D eigenvalue weighted by Gasteiger charge is -2.06. The second-order valence-electron chi connectivity index (χ2n) is 6.11. The molecule has 0 N–H and O–H groups in total. The molecular weight excluding hydrogens is 400 g/mol. The van der Waals surface area contributed by atoms with E-state index < -0.39 is 29.1 Å². The number of nitrogens with zero attached hydrogens (tertiary/aromatic N) is 4. The van der Waals surface area contributed by atoms with Crippen LogP contribution in [0.1, 0.15) is 16.2 Å². The minimum absolute atomic E-state index is 0.0285. The van der Waals surface area contributed by atoms with Gasteiger partial charge in [0, 0.05) is 12.1 Å². The van der Waals surface area contributed by atoms with Gasteiger partial charge < -0.3 is 0 Å². The monoisotopic (exact) mass is 410 g/mol. The highest BCUT2D eigenvalue weighted by atomic mass is 19.1. The summed E-state index contributed by atoms with van der Waals surface area (Å²) < 4.78 is 54.1. The molecule has 0 bridgehead atoms. The van der Waals surface area contributed by atoms with Crippen LogP contribution >= 0.6 is 0 Å². The molecule has 0 saturated carbocycles. The van der Waals surface area contributed by atoms with Crippen molar-refractivity contribution in [1.29, 1.82) is 0 Å². The quantitative estimate of drug-likeness (QED) is 0.369. The molecule has 0 aliphatic carbocycles. The summed E-state index contributed by atoms with van der Waals surface area (Å²) in [5.41, 5.74) is -0.525. The van der Waals surface area contributed by atoms with E-state index >= 15 is 0 Å². The molecule has 0 spiro atoms. The van der Waals surface area contributed by atoms with Gasteiger partial charge in [-0.15, -0.1) is 0 Å². The number of hydrogen-bond donors (Lipinski definition) is 0. The number of aromatic nitrogens is 4. The van der Waals surface area contributed by atoms with Crippen LogP contribution in [0.3, 0.4) is 0 Å². The summed E-state index contributed by atoms with van der Waals surface area (Å²) in [6.45, 7) is 0. The van der Waals surface area contributed by atoms with Crippen molar-refractivity contribution >= 4 is 5.78 Å². The molecule has 0 aromatic carbocycles. The molecule has 0 aliphatic rings. The Morgan fingerprint density at radius 3 is 1.50 bits per heavy atom. The summed E-state index contributed by atoms with van der Waals surface area (Å²) in [4.78, 5) is 28.3. The Labute approximate surface area is 167 Å². The van der Waals surface area contributed by atoms with Crippen LogP contribution in [0.4, 0.5) is 17.6 Å². The van der Waals surface area contributed by atoms with Crippen molar-refractivity contribution in [1.82, 2.24) is 19.9 Å². The van der Waals surface area contributed by atoms with E-state index in [2.05, 4.69) is 19.9 Å². The molecule has 0 aliphatic heterocycles. The number of halogens is 4. The third-order valence-electron chi connectivity index (χ3n) is 4.06. The van der Waals surface area contributed by atoms with Gasteiger partial charge in [0.05, 0.1) is 23.8 Å². The molecular formula is C21H10F4N4O. The molecule has 5 nitrogen and oxygen atoms in total. The third-order valence-corrected chi connectivity index (χ3v) is 4.06. The molecule has 0 atom stereocenters. The summed E-state index contributed by atoms with van der Waals surface area (Å²) in [5.74, 6) is -4.16. The van der Waals surface area contributed by atoms with E-state index in [0.717, 1.165) is 12.4 Å². The van der Waals surface area contributed by atoms with E-state index in [0.29, 0.717) is 12.1 Å². The maximum Gasteiger partial charge on any atom is 0.229 e. The zero-order valence-corrected chi connectivity index (χ0v) is 15.0. The largest absolute Gasteiger partial charge is 0.285 e. The van der Waals surface area contributed by atoms with Crippen molar-refractivity contribution in [2.24, 2.45) is 0 Å². The first-order valence-corrected chi connectivity index (χ1v) is 8.54. The Balaban J connectivity index is 1.70. The molecule has 0 saturated heterocycles. The summed E-state index contributed by atoms with van der Waals surface area (Å²) in [6, 6.07) is 9.86. The van der Waals surface area contributed by atoms with Gasteiger partial charge in [-0.1, -0.05) is 12.1 Å². The van der Waals surface area contributed by atoms with Gasteiger partial charge >= 0.3 is 0 Å². The Hall–Kier alpha value is -4.01. The zero-order valence-electron chi connectivity index (χ0n) is 15.0. The SMILES string of the molecule is O=C(c1cccc(-c2ncc(F)cc2F)n1)c1cccc(-c2ncc(F)cc2F)n1. The lowest BCUT2D eigenvalue weighted by atomic mass is 10.1. The fourth-order valence-electron chi connectivity index (χ4n) is 2.72. The smallest absolute Gasteiger partial charge is 0.229 e. The minimum Gasteiger partial charge on any atom is -0.285 e. The lowest BCUT2D eigenvalue weighted by molar-refractivity contribution is 0.103. The molecule has 148 valence electrons. The predicted molar refractivity (Wildman–Crippen MR) is 98.2 cm³/mol. The van der Waals surface area contributed by atoms with Crippen LogP contribution in [0.25, 0.3) is 22.8 Å². The molecule has 0 fully saturated rings.